The Labute approximate surface area is 142 Å². The van der Waals surface area contributed by atoms with E-state index < -0.39 is 11.5 Å². The minimum absolute atomic E-state index is 0.140. The molecule has 1 aliphatic heterocycles. The summed E-state index contributed by atoms with van der Waals surface area (Å²) in [5.41, 5.74) is 0.206. The molecular formula is C18H24O6. The number of rotatable bonds is 5. The van der Waals surface area contributed by atoms with E-state index in [0.29, 0.717) is 11.5 Å². The van der Waals surface area contributed by atoms with Crippen molar-refractivity contribution in [1.29, 1.82) is 0 Å². The molecule has 0 aliphatic carbocycles. The van der Waals surface area contributed by atoms with E-state index in [9.17, 15) is 9.59 Å². The van der Waals surface area contributed by atoms with Crippen LogP contribution in [0.5, 0.6) is 11.5 Å². The van der Waals surface area contributed by atoms with Gasteiger partial charge in [-0.2, -0.15) is 0 Å². The lowest BCUT2D eigenvalue weighted by Gasteiger charge is -2.22. The van der Waals surface area contributed by atoms with E-state index in [1.54, 1.807) is 47.1 Å². The van der Waals surface area contributed by atoms with Crippen molar-refractivity contribution in [3.8, 4) is 11.5 Å². The van der Waals surface area contributed by atoms with Gasteiger partial charge < -0.3 is 18.9 Å². The zero-order chi connectivity index (χ0) is 17.9. The van der Waals surface area contributed by atoms with Crippen LogP contribution in [0.2, 0.25) is 0 Å². The Kier molecular flexibility index (Phi) is 5.36. The summed E-state index contributed by atoms with van der Waals surface area (Å²) in [5, 5.41) is 0. The monoisotopic (exact) mass is 336 g/mol. The summed E-state index contributed by atoms with van der Waals surface area (Å²) in [4.78, 5) is 23.7. The van der Waals surface area contributed by atoms with Crippen molar-refractivity contribution in [3.63, 3.8) is 0 Å². The van der Waals surface area contributed by atoms with Crippen molar-refractivity contribution in [1.82, 2.24) is 0 Å². The van der Waals surface area contributed by atoms with Gasteiger partial charge in [0.15, 0.2) is 11.5 Å². The van der Waals surface area contributed by atoms with E-state index in [1.165, 1.54) is 0 Å². The third-order valence-electron chi connectivity index (χ3n) is 3.89. The van der Waals surface area contributed by atoms with Crippen LogP contribution >= 0.6 is 0 Å². The number of carbonyl (C=O) groups excluding carboxylic acids is 2. The van der Waals surface area contributed by atoms with Crippen LogP contribution in [0.3, 0.4) is 0 Å². The lowest BCUT2D eigenvalue weighted by atomic mass is 9.94. The number of benzene rings is 1. The molecule has 0 bridgehead atoms. The fraction of sp³-hybridized carbons (Fsp3) is 0.556. The van der Waals surface area contributed by atoms with Gasteiger partial charge in [0.05, 0.1) is 32.7 Å². The summed E-state index contributed by atoms with van der Waals surface area (Å²) >= 11 is 0. The van der Waals surface area contributed by atoms with Gasteiger partial charge in [-0.3, -0.25) is 9.59 Å². The van der Waals surface area contributed by atoms with Crippen molar-refractivity contribution in [2.75, 3.05) is 20.8 Å². The first-order valence-corrected chi connectivity index (χ1v) is 7.85. The van der Waals surface area contributed by atoms with E-state index in [1.807, 2.05) is 6.07 Å². The molecule has 0 spiro atoms. The molecule has 1 aliphatic rings. The molecule has 0 amide bonds. The fourth-order valence-electron chi connectivity index (χ4n) is 2.52. The standard InChI is InChI=1S/C18H24O6/c1-18(2,3)17(20)23-10-12-9-15(19)24-16(12)11-6-7-13(21-4)14(8-11)22-5/h6-8,12,16H,9-10H2,1-5H3/t12-,16+/m1/s1. The van der Waals surface area contributed by atoms with Gasteiger partial charge in [0.2, 0.25) is 0 Å². The molecule has 1 aromatic rings. The highest BCUT2D eigenvalue weighted by Gasteiger charge is 2.38. The number of methoxy groups -OCH3 is 2. The lowest BCUT2D eigenvalue weighted by Crippen LogP contribution is -2.26. The molecule has 2 rings (SSSR count). The second kappa shape index (κ2) is 7.11. The maximum absolute atomic E-state index is 11.9. The first-order chi connectivity index (χ1) is 11.3. The molecule has 1 heterocycles. The van der Waals surface area contributed by atoms with Crippen LogP contribution in [0, 0.1) is 11.3 Å². The normalized spacial score (nSPS) is 20.5. The smallest absolute Gasteiger partial charge is 0.311 e. The summed E-state index contributed by atoms with van der Waals surface area (Å²) in [6, 6.07) is 5.36. The van der Waals surface area contributed by atoms with Gasteiger partial charge in [-0.25, -0.2) is 0 Å². The number of carbonyl (C=O) groups is 2. The number of hydrogen-bond acceptors (Lipinski definition) is 6. The van der Waals surface area contributed by atoms with Crippen LogP contribution in [0.1, 0.15) is 38.9 Å². The molecule has 0 saturated carbocycles. The molecule has 0 N–H and O–H groups in total. The van der Waals surface area contributed by atoms with Crippen molar-refractivity contribution in [3.05, 3.63) is 23.8 Å². The molecule has 1 fully saturated rings. The van der Waals surface area contributed by atoms with Crippen LogP contribution in [-0.2, 0) is 19.1 Å². The summed E-state index contributed by atoms with van der Waals surface area (Å²) < 4.78 is 21.3. The third-order valence-corrected chi connectivity index (χ3v) is 3.89. The Balaban J connectivity index is 2.15. The van der Waals surface area contributed by atoms with Crippen molar-refractivity contribution in [2.45, 2.75) is 33.3 Å². The molecule has 24 heavy (non-hydrogen) atoms. The van der Waals surface area contributed by atoms with Crippen molar-refractivity contribution >= 4 is 11.9 Å². The minimum atomic E-state index is -0.581. The zero-order valence-electron chi connectivity index (χ0n) is 14.8. The van der Waals surface area contributed by atoms with Gasteiger partial charge in [0.1, 0.15) is 6.10 Å². The predicted octanol–water partition coefficient (Wildman–Crippen LogP) is 2.90. The SMILES string of the molecule is COc1ccc([C@@H]2OC(=O)C[C@@H]2COC(=O)C(C)(C)C)cc1OC. The topological polar surface area (TPSA) is 71.1 Å². The van der Waals surface area contributed by atoms with E-state index in [-0.39, 0.29) is 30.9 Å². The molecule has 0 aromatic heterocycles. The molecule has 6 heteroatoms. The van der Waals surface area contributed by atoms with Crippen LogP contribution < -0.4 is 9.47 Å². The van der Waals surface area contributed by atoms with Crippen molar-refractivity contribution < 1.29 is 28.5 Å². The molecule has 0 radical (unpaired) electrons. The first kappa shape index (κ1) is 18.1. The van der Waals surface area contributed by atoms with Gasteiger partial charge in [0.25, 0.3) is 0 Å². The fourth-order valence-corrected chi connectivity index (χ4v) is 2.52. The zero-order valence-corrected chi connectivity index (χ0v) is 14.8. The van der Waals surface area contributed by atoms with Crippen LogP contribution in [0.25, 0.3) is 0 Å². The predicted molar refractivity (Wildman–Crippen MR) is 86.9 cm³/mol. The van der Waals surface area contributed by atoms with Gasteiger partial charge in [-0.1, -0.05) is 6.07 Å². The van der Waals surface area contributed by atoms with Crippen LogP contribution in [0.15, 0.2) is 18.2 Å². The van der Waals surface area contributed by atoms with Gasteiger partial charge in [0, 0.05) is 5.92 Å². The molecule has 0 unspecified atom stereocenters. The highest BCUT2D eigenvalue weighted by Crippen LogP contribution is 2.39. The Morgan fingerprint density at radius 2 is 1.88 bits per heavy atom. The van der Waals surface area contributed by atoms with Crippen molar-refractivity contribution in [2.24, 2.45) is 11.3 Å². The largest absolute Gasteiger partial charge is 0.493 e. The van der Waals surface area contributed by atoms with Crippen LogP contribution in [-0.4, -0.2) is 32.8 Å². The maximum atomic E-state index is 11.9. The second-order valence-electron chi connectivity index (χ2n) is 6.84. The van der Waals surface area contributed by atoms with Gasteiger partial charge in [-0.05, 0) is 38.5 Å². The Morgan fingerprint density at radius 3 is 2.46 bits per heavy atom. The molecular weight excluding hydrogens is 312 g/mol. The third kappa shape index (κ3) is 3.99. The highest BCUT2D eigenvalue weighted by molar-refractivity contribution is 5.76. The second-order valence-corrected chi connectivity index (χ2v) is 6.84. The maximum Gasteiger partial charge on any atom is 0.311 e. The Morgan fingerprint density at radius 1 is 1.21 bits per heavy atom. The van der Waals surface area contributed by atoms with Crippen LogP contribution in [0.4, 0.5) is 0 Å². The van der Waals surface area contributed by atoms with Gasteiger partial charge in [-0.15, -0.1) is 0 Å². The molecule has 2 atom stereocenters. The first-order valence-electron chi connectivity index (χ1n) is 7.85. The summed E-state index contributed by atoms with van der Waals surface area (Å²) in [5.74, 6) is 0.339. The summed E-state index contributed by atoms with van der Waals surface area (Å²) in [6.45, 7) is 5.51. The quantitative estimate of drug-likeness (QED) is 0.770. The highest BCUT2D eigenvalue weighted by atomic mass is 16.6. The minimum Gasteiger partial charge on any atom is -0.493 e. The molecule has 132 valence electrons. The molecule has 1 aromatic carbocycles. The summed E-state index contributed by atoms with van der Waals surface area (Å²) in [7, 11) is 3.10. The van der Waals surface area contributed by atoms with E-state index in [0.717, 1.165) is 5.56 Å². The number of cyclic esters (lactones) is 1. The average Bonchev–Trinajstić information content (AvgIpc) is 2.91. The van der Waals surface area contributed by atoms with E-state index in [2.05, 4.69) is 0 Å². The Hall–Kier alpha value is -2.24. The number of hydrogen-bond donors (Lipinski definition) is 0. The van der Waals surface area contributed by atoms with E-state index >= 15 is 0 Å². The average molecular weight is 336 g/mol. The number of ether oxygens (including phenoxy) is 4. The number of esters is 2. The van der Waals surface area contributed by atoms with E-state index in [4.69, 9.17) is 18.9 Å². The lowest BCUT2D eigenvalue weighted by molar-refractivity contribution is -0.154. The summed E-state index contributed by atoms with van der Waals surface area (Å²) in [6.07, 6.45) is -0.249. The molecule has 1 saturated heterocycles. The molecule has 6 nitrogen and oxygen atoms in total. The Bertz CT molecular complexity index is 616. The van der Waals surface area contributed by atoms with Gasteiger partial charge >= 0.3 is 11.9 Å².